The van der Waals surface area contributed by atoms with E-state index in [-0.39, 0.29) is 18.8 Å². The van der Waals surface area contributed by atoms with Crippen LogP contribution in [0.3, 0.4) is 0 Å². The van der Waals surface area contributed by atoms with Crippen molar-refractivity contribution in [3.05, 3.63) is 77.2 Å². The largest absolute Gasteiger partial charge is 0.459 e. The van der Waals surface area contributed by atoms with Gasteiger partial charge in [0.05, 0.1) is 6.42 Å². The van der Waals surface area contributed by atoms with Crippen LogP contribution in [0.25, 0.3) is 11.3 Å². The van der Waals surface area contributed by atoms with Crippen molar-refractivity contribution in [2.45, 2.75) is 20.0 Å². The summed E-state index contributed by atoms with van der Waals surface area (Å²) in [6, 6.07) is 15.4. The Bertz CT molecular complexity index is 823. The van der Waals surface area contributed by atoms with E-state index in [0.29, 0.717) is 17.0 Å². The third-order valence-corrected chi connectivity index (χ3v) is 3.54. The van der Waals surface area contributed by atoms with E-state index in [2.05, 4.69) is 5.16 Å². The summed E-state index contributed by atoms with van der Waals surface area (Å²) in [5.74, 6) is -0.112. The molecular formula is C19H16FNO3. The Hall–Kier alpha value is -2.95. The Morgan fingerprint density at radius 3 is 2.54 bits per heavy atom. The van der Waals surface area contributed by atoms with E-state index in [9.17, 15) is 9.18 Å². The van der Waals surface area contributed by atoms with Crippen LogP contribution in [0, 0.1) is 12.7 Å². The average molecular weight is 325 g/mol. The van der Waals surface area contributed by atoms with Crippen molar-refractivity contribution in [1.29, 1.82) is 0 Å². The first kappa shape index (κ1) is 15.9. The maximum atomic E-state index is 12.8. The molecule has 0 N–H and O–H groups in total. The minimum atomic E-state index is -0.401. The van der Waals surface area contributed by atoms with Gasteiger partial charge in [0, 0.05) is 11.6 Å². The molecule has 0 radical (unpaired) electrons. The van der Waals surface area contributed by atoms with Crippen molar-refractivity contribution in [1.82, 2.24) is 5.16 Å². The molecule has 0 fully saturated rings. The molecule has 122 valence electrons. The number of benzene rings is 2. The first-order valence-electron chi connectivity index (χ1n) is 7.53. The van der Waals surface area contributed by atoms with Crippen molar-refractivity contribution in [2.75, 3.05) is 0 Å². The Morgan fingerprint density at radius 2 is 1.83 bits per heavy atom. The zero-order valence-electron chi connectivity index (χ0n) is 13.2. The molecule has 1 aromatic heterocycles. The van der Waals surface area contributed by atoms with Crippen molar-refractivity contribution < 1.29 is 18.4 Å². The summed E-state index contributed by atoms with van der Waals surface area (Å²) in [7, 11) is 0. The highest BCUT2D eigenvalue weighted by atomic mass is 19.1. The second-order valence-corrected chi connectivity index (χ2v) is 5.51. The number of carbonyl (C=O) groups is 1. The van der Waals surface area contributed by atoms with Crippen LogP contribution in [0.5, 0.6) is 0 Å². The summed E-state index contributed by atoms with van der Waals surface area (Å²) >= 11 is 0. The molecular weight excluding hydrogens is 309 g/mol. The monoisotopic (exact) mass is 325 g/mol. The van der Waals surface area contributed by atoms with Crippen LogP contribution in [-0.2, 0) is 22.6 Å². The van der Waals surface area contributed by atoms with Crippen LogP contribution < -0.4 is 0 Å². The van der Waals surface area contributed by atoms with Gasteiger partial charge in [0.15, 0.2) is 5.76 Å². The number of hydrogen-bond donors (Lipinski definition) is 0. The second-order valence-electron chi connectivity index (χ2n) is 5.51. The molecule has 0 atom stereocenters. The van der Waals surface area contributed by atoms with Gasteiger partial charge in [-0.05, 0) is 24.6 Å². The summed E-state index contributed by atoms with van der Waals surface area (Å²) in [5.41, 5.74) is 3.31. The fourth-order valence-corrected chi connectivity index (χ4v) is 2.21. The summed E-state index contributed by atoms with van der Waals surface area (Å²) in [5, 5.41) is 3.90. The van der Waals surface area contributed by atoms with Crippen molar-refractivity contribution >= 4 is 5.97 Å². The summed E-state index contributed by atoms with van der Waals surface area (Å²) in [6.07, 6.45) is 0.0863. The third kappa shape index (κ3) is 4.07. The normalized spacial score (nSPS) is 10.6. The van der Waals surface area contributed by atoms with Crippen LogP contribution in [0.15, 0.2) is 59.1 Å². The van der Waals surface area contributed by atoms with Gasteiger partial charge < -0.3 is 9.26 Å². The predicted octanol–water partition coefficient (Wildman–Crippen LogP) is 4.08. The van der Waals surface area contributed by atoms with Gasteiger partial charge in [-0.15, -0.1) is 0 Å². The van der Waals surface area contributed by atoms with Crippen molar-refractivity contribution in [3.8, 4) is 11.3 Å². The van der Waals surface area contributed by atoms with E-state index in [4.69, 9.17) is 9.26 Å². The molecule has 0 aliphatic carbocycles. The number of nitrogens with zero attached hydrogens (tertiary/aromatic N) is 1. The van der Waals surface area contributed by atoms with Crippen LogP contribution in [-0.4, -0.2) is 11.1 Å². The Morgan fingerprint density at radius 1 is 1.12 bits per heavy atom. The SMILES string of the molecule is Cc1ccc(-c2cc(COC(=O)Cc3ccc(F)cc3)no2)cc1. The van der Waals surface area contributed by atoms with Crippen LogP contribution in [0.2, 0.25) is 0 Å². The van der Waals surface area contributed by atoms with E-state index >= 15 is 0 Å². The lowest BCUT2D eigenvalue weighted by atomic mass is 10.1. The first-order valence-corrected chi connectivity index (χ1v) is 7.53. The van der Waals surface area contributed by atoms with Crippen LogP contribution >= 0.6 is 0 Å². The molecule has 4 nitrogen and oxygen atoms in total. The van der Waals surface area contributed by atoms with Gasteiger partial charge in [0.25, 0.3) is 0 Å². The Labute approximate surface area is 138 Å². The number of hydrogen-bond acceptors (Lipinski definition) is 4. The van der Waals surface area contributed by atoms with Gasteiger partial charge in [-0.3, -0.25) is 4.79 Å². The summed E-state index contributed by atoms with van der Waals surface area (Å²) < 4.78 is 23.3. The molecule has 0 aliphatic rings. The summed E-state index contributed by atoms with van der Waals surface area (Å²) in [6.45, 7) is 2.05. The van der Waals surface area contributed by atoms with Gasteiger partial charge in [-0.25, -0.2) is 4.39 Å². The minimum Gasteiger partial charge on any atom is -0.459 e. The molecule has 24 heavy (non-hydrogen) atoms. The van der Waals surface area contributed by atoms with E-state index < -0.39 is 5.97 Å². The quantitative estimate of drug-likeness (QED) is 0.663. The van der Waals surface area contributed by atoms with E-state index in [1.165, 1.54) is 12.1 Å². The van der Waals surface area contributed by atoms with E-state index in [0.717, 1.165) is 11.1 Å². The number of ether oxygens (including phenoxy) is 1. The highest BCUT2D eigenvalue weighted by molar-refractivity contribution is 5.72. The van der Waals surface area contributed by atoms with Gasteiger partial charge in [0.2, 0.25) is 0 Å². The molecule has 0 saturated carbocycles. The zero-order chi connectivity index (χ0) is 16.9. The van der Waals surface area contributed by atoms with Crippen LogP contribution in [0.1, 0.15) is 16.8 Å². The maximum absolute atomic E-state index is 12.8. The molecule has 2 aromatic carbocycles. The molecule has 0 aliphatic heterocycles. The van der Waals surface area contributed by atoms with Gasteiger partial charge in [-0.2, -0.15) is 0 Å². The molecule has 3 rings (SSSR count). The lowest BCUT2D eigenvalue weighted by Gasteiger charge is -2.02. The van der Waals surface area contributed by atoms with Gasteiger partial charge in [-0.1, -0.05) is 47.1 Å². The average Bonchev–Trinajstić information content (AvgIpc) is 3.05. The van der Waals surface area contributed by atoms with Crippen LogP contribution in [0.4, 0.5) is 4.39 Å². The molecule has 5 heteroatoms. The van der Waals surface area contributed by atoms with Crippen molar-refractivity contribution in [3.63, 3.8) is 0 Å². The molecule has 3 aromatic rings. The van der Waals surface area contributed by atoms with E-state index in [1.807, 2.05) is 31.2 Å². The fraction of sp³-hybridized carbons (Fsp3) is 0.158. The first-order chi connectivity index (χ1) is 11.6. The van der Waals surface area contributed by atoms with Gasteiger partial charge >= 0.3 is 5.97 Å². The summed E-state index contributed by atoms with van der Waals surface area (Å²) in [4.78, 5) is 11.8. The highest BCUT2D eigenvalue weighted by Crippen LogP contribution is 2.21. The smallest absolute Gasteiger partial charge is 0.310 e. The molecule has 0 spiro atoms. The molecule has 1 heterocycles. The zero-order valence-corrected chi connectivity index (χ0v) is 13.2. The van der Waals surface area contributed by atoms with Crippen molar-refractivity contribution in [2.24, 2.45) is 0 Å². The lowest BCUT2D eigenvalue weighted by molar-refractivity contribution is -0.144. The fourth-order valence-electron chi connectivity index (χ4n) is 2.21. The molecule has 0 unspecified atom stereocenters. The topological polar surface area (TPSA) is 52.3 Å². The number of rotatable bonds is 5. The highest BCUT2D eigenvalue weighted by Gasteiger charge is 2.10. The molecule has 0 saturated heterocycles. The molecule has 0 amide bonds. The number of carbonyl (C=O) groups excluding carboxylic acids is 1. The Kier molecular flexibility index (Phi) is 4.70. The van der Waals surface area contributed by atoms with Gasteiger partial charge in [0.1, 0.15) is 18.1 Å². The maximum Gasteiger partial charge on any atom is 0.310 e. The number of esters is 1. The lowest BCUT2D eigenvalue weighted by Crippen LogP contribution is -2.08. The number of aromatic nitrogens is 1. The number of aryl methyl sites for hydroxylation is 1. The minimum absolute atomic E-state index is 0.0371. The third-order valence-electron chi connectivity index (χ3n) is 3.54. The second kappa shape index (κ2) is 7.08. The number of halogens is 1. The Balaban J connectivity index is 1.56. The standard InChI is InChI=1S/C19H16FNO3/c1-13-2-6-15(7-3-13)18-11-17(21-24-18)12-23-19(22)10-14-4-8-16(20)9-5-14/h2-9,11H,10,12H2,1H3. The molecule has 0 bridgehead atoms. The predicted molar refractivity (Wildman–Crippen MR) is 86.6 cm³/mol. The van der Waals surface area contributed by atoms with E-state index in [1.54, 1.807) is 18.2 Å².